The van der Waals surface area contributed by atoms with Crippen LogP contribution >= 0.6 is 15.9 Å². The van der Waals surface area contributed by atoms with Gasteiger partial charge < -0.3 is 0 Å². The highest BCUT2D eigenvalue weighted by Gasteiger charge is 2.17. The van der Waals surface area contributed by atoms with Gasteiger partial charge in [0.25, 0.3) is 0 Å². The van der Waals surface area contributed by atoms with Crippen LogP contribution in [-0.4, -0.2) is 0 Å². The van der Waals surface area contributed by atoms with Gasteiger partial charge in [0.05, 0.1) is 6.04 Å². The predicted molar refractivity (Wildman–Crippen MR) is 93.4 cm³/mol. The second-order valence-electron chi connectivity index (χ2n) is 5.86. The first-order valence-electron chi connectivity index (χ1n) is 7.15. The maximum atomic E-state index is 5.87. The summed E-state index contributed by atoms with van der Waals surface area (Å²) in [5, 5.41) is 0. The van der Waals surface area contributed by atoms with Crippen molar-refractivity contribution in [1.29, 1.82) is 0 Å². The number of nitrogens with one attached hydrogen (secondary N) is 1. The van der Waals surface area contributed by atoms with E-state index in [1.165, 1.54) is 43.4 Å². The van der Waals surface area contributed by atoms with E-state index in [4.69, 9.17) is 5.84 Å². The minimum atomic E-state index is 0.00907. The molecule has 0 saturated heterocycles. The Bertz CT molecular complexity index is 654. The zero-order valence-electron chi connectivity index (χ0n) is 13.3. The molecule has 2 rings (SSSR count). The van der Waals surface area contributed by atoms with Crippen molar-refractivity contribution in [1.82, 2.24) is 5.43 Å². The summed E-state index contributed by atoms with van der Waals surface area (Å²) >= 11 is 3.62. The molecule has 0 aliphatic rings. The van der Waals surface area contributed by atoms with Crippen LogP contribution in [0.3, 0.4) is 0 Å². The van der Waals surface area contributed by atoms with Crippen LogP contribution in [0.25, 0.3) is 0 Å². The summed E-state index contributed by atoms with van der Waals surface area (Å²) in [6, 6.07) is 8.86. The average Bonchev–Trinajstić information content (AvgIpc) is 2.42. The third-order valence-corrected chi connectivity index (χ3v) is 5.40. The van der Waals surface area contributed by atoms with Crippen LogP contribution in [0.5, 0.6) is 0 Å². The fraction of sp³-hybridized carbons (Fsp3) is 0.333. The largest absolute Gasteiger partial charge is 0.271 e. The lowest BCUT2D eigenvalue weighted by atomic mass is 9.90. The van der Waals surface area contributed by atoms with Gasteiger partial charge in [0, 0.05) is 4.47 Å². The van der Waals surface area contributed by atoms with Crippen molar-refractivity contribution in [2.75, 3.05) is 0 Å². The van der Waals surface area contributed by atoms with Gasteiger partial charge in [-0.2, -0.15) is 0 Å². The predicted octanol–water partition coefficient (Wildman–Crippen LogP) is 4.54. The monoisotopic (exact) mass is 346 g/mol. The zero-order valence-corrected chi connectivity index (χ0v) is 14.9. The molecule has 3 heteroatoms. The number of hydrogen-bond acceptors (Lipinski definition) is 2. The molecule has 0 heterocycles. The molecule has 1 atom stereocenters. The van der Waals surface area contributed by atoms with Crippen LogP contribution < -0.4 is 11.3 Å². The normalized spacial score (nSPS) is 12.5. The van der Waals surface area contributed by atoms with E-state index in [-0.39, 0.29) is 6.04 Å². The lowest BCUT2D eigenvalue weighted by Crippen LogP contribution is -2.29. The molecule has 0 bridgehead atoms. The second-order valence-corrected chi connectivity index (χ2v) is 6.65. The fourth-order valence-corrected chi connectivity index (χ4v) is 3.03. The topological polar surface area (TPSA) is 38.0 Å². The molecule has 2 aromatic carbocycles. The zero-order chi connectivity index (χ0) is 15.7. The summed E-state index contributed by atoms with van der Waals surface area (Å²) < 4.78 is 1.17. The van der Waals surface area contributed by atoms with Crippen molar-refractivity contribution in [3.63, 3.8) is 0 Å². The van der Waals surface area contributed by atoms with Crippen molar-refractivity contribution >= 4 is 15.9 Å². The molecule has 0 fully saturated rings. The molecule has 21 heavy (non-hydrogen) atoms. The summed E-state index contributed by atoms with van der Waals surface area (Å²) in [4.78, 5) is 0. The molecular formula is C18H23BrN2. The van der Waals surface area contributed by atoms with E-state index in [1.807, 2.05) is 0 Å². The van der Waals surface area contributed by atoms with Gasteiger partial charge in [-0.1, -0.05) is 40.2 Å². The summed E-state index contributed by atoms with van der Waals surface area (Å²) in [6.45, 7) is 10.7. The van der Waals surface area contributed by atoms with Crippen LogP contribution in [0.2, 0.25) is 0 Å². The Labute approximate surface area is 135 Å². The quantitative estimate of drug-likeness (QED) is 0.632. The third-order valence-electron chi connectivity index (χ3n) is 4.15. The molecule has 2 nitrogen and oxygen atoms in total. The molecular weight excluding hydrogens is 324 g/mol. The Morgan fingerprint density at radius 2 is 1.33 bits per heavy atom. The van der Waals surface area contributed by atoms with Crippen LogP contribution in [0.15, 0.2) is 28.7 Å². The van der Waals surface area contributed by atoms with Crippen LogP contribution in [0, 0.1) is 34.6 Å². The van der Waals surface area contributed by atoms with Crippen LogP contribution in [-0.2, 0) is 0 Å². The molecule has 0 spiro atoms. The van der Waals surface area contributed by atoms with Gasteiger partial charge in [-0.05, 0) is 73.6 Å². The van der Waals surface area contributed by atoms with Crippen LogP contribution in [0.1, 0.15) is 45.0 Å². The molecule has 0 aliphatic heterocycles. The Kier molecular flexibility index (Phi) is 4.87. The SMILES string of the molecule is Cc1cc(C)c(C(NN)c2cc(C)c(Br)c(C)c2)cc1C. The Balaban J connectivity index is 2.57. The first-order chi connectivity index (χ1) is 9.85. The van der Waals surface area contributed by atoms with Gasteiger partial charge in [-0.25, -0.2) is 5.43 Å². The number of hydrogen-bond donors (Lipinski definition) is 2. The van der Waals surface area contributed by atoms with Gasteiger partial charge in [0.15, 0.2) is 0 Å². The average molecular weight is 347 g/mol. The van der Waals surface area contributed by atoms with Crippen molar-refractivity contribution in [2.24, 2.45) is 5.84 Å². The number of halogens is 1. The highest BCUT2D eigenvalue weighted by atomic mass is 79.9. The molecule has 0 aliphatic carbocycles. The van der Waals surface area contributed by atoms with Crippen molar-refractivity contribution < 1.29 is 0 Å². The van der Waals surface area contributed by atoms with Crippen molar-refractivity contribution in [3.8, 4) is 0 Å². The van der Waals surface area contributed by atoms with Gasteiger partial charge in [-0.15, -0.1) is 0 Å². The molecule has 112 valence electrons. The number of hydrazine groups is 1. The first-order valence-corrected chi connectivity index (χ1v) is 7.95. The Morgan fingerprint density at radius 3 is 1.86 bits per heavy atom. The van der Waals surface area contributed by atoms with Crippen molar-refractivity contribution in [3.05, 3.63) is 67.7 Å². The minimum absolute atomic E-state index is 0.00907. The number of aryl methyl sites for hydroxylation is 5. The lowest BCUT2D eigenvalue weighted by molar-refractivity contribution is 0.632. The highest BCUT2D eigenvalue weighted by Crippen LogP contribution is 2.31. The van der Waals surface area contributed by atoms with Crippen LogP contribution in [0.4, 0.5) is 0 Å². The van der Waals surface area contributed by atoms with Gasteiger partial charge in [-0.3, -0.25) is 5.84 Å². The smallest absolute Gasteiger partial charge is 0.0712 e. The van der Waals surface area contributed by atoms with Gasteiger partial charge in [0.2, 0.25) is 0 Å². The molecule has 0 radical (unpaired) electrons. The minimum Gasteiger partial charge on any atom is -0.271 e. The molecule has 3 N–H and O–H groups in total. The van der Waals surface area contributed by atoms with E-state index < -0.39 is 0 Å². The summed E-state index contributed by atoms with van der Waals surface area (Å²) in [5.74, 6) is 5.87. The second kappa shape index (κ2) is 6.30. The molecule has 2 aromatic rings. The Morgan fingerprint density at radius 1 is 0.810 bits per heavy atom. The number of benzene rings is 2. The summed E-state index contributed by atoms with van der Waals surface area (Å²) in [5.41, 5.74) is 11.7. The maximum Gasteiger partial charge on any atom is 0.0712 e. The van der Waals surface area contributed by atoms with Gasteiger partial charge >= 0.3 is 0 Å². The molecule has 0 saturated carbocycles. The van der Waals surface area contributed by atoms with E-state index in [9.17, 15) is 0 Å². The maximum absolute atomic E-state index is 5.87. The van der Waals surface area contributed by atoms with Gasteiger partial charge in [0.1, 0.15) is 0 Å². The molecule has 0 amide bonds. The summed E-state index contributed by atoms with van der Waals surface area (Å²) in [6.07, 6.45) is 0. The first kappa shape index (κ1) is 16.2. The van der Waals surface area contributed by atoms with E-state index in [1.54, 1.807) is 0 Å². The lowest BCUT2D eigenvalue weighted by Gasteiger charge is -2.22. The Hall–Kier alpha value is -1.16. The third kappa shape index (κ3) is 3.20. The summed E-state index contributed by atoms with van der Waals surface area (Å²) in [7, 11) is 0. The van der Waals surface area contributed by atoms with E-state index in [2.05, 4.69) is 80.2 Å². The number of nitrogens with two attached hydrogens (primary N) is 1. The molecule has 1 unspecified atom stereocenters. The molecule has 0 aromatic heterocycles. The highest BCUT2D eigenvalue weighted by molar-refractivity contribution is 9.10. The van der Waals surface area contributed by atoms with Crippen molar-refractivity contribution in [2.45, 2.75) is 40.7 Å². The van der Waals surface area contributed by atoms with E-state index >= 15 is 0 Å². The van der Waals surface area contributed by atoms with E-state index in [0.29, 0.717) is 0 Å². The fourth-order valence-electron chi connectivity index (χ4n) is 2.81. The standard InChI is InChI=1S/C18H23BrN2/c1-10-6-12(3)16(9-11(10)2)18(21-20)15-7-13(4)17(19)14(5)8-15/h6-9,18,21H,20H2,1-5H3. The van der Waals surface area contributed by atoms with E-state index in [0.717, 1.165) is 0 Å². The number of rotatable bonds is 3.